The third kappa shape index (κ3) is 5.22. The first-order valence-electron chi connectivity index (χ1n) is 8.02. The standard InChI is InChI=1S/C16H14F2N4O2.C2H6/c1-3-24-22-16(23)10-7-12(18)14(8-19)21-15(10)20-13-5-4-9(2)6-11(13)17;1-2/h4-7H,3H2,1-2H3,(H,20,21)(H,22,23);1-2H3. The molecule has 0 fully saturated rings. The summed E-state index contributed by atoms with van der Waals surface area (Å²) in [5.41, 5.74) is 2.10. The van der Waals surface area contributed by atoms with Gasteiger partial charge in [-0.1, -0.05) is 19.9 Å². The van der Waals surface area contributed by atoms with Crippen LogP contribution in [0.2, 0.25) is 0 Å². The van der Waals surface area contributed by atoms with Crippen LogP contribution in [0.5, 0.6) is 0 Å². The van der Waals surface area contributed by atoms with E-state index in [9.17, 15) is 13.6 Å². The highest BCUT2D eigenvalue weighted by atomic mass is 19.1. The van der Waals surface area contributed by atoms with E-state index in [1.165, 1.54) is 12.1 Å². The second-order valence-electron chi connectivity index (χ2n) is 4.80. The van der Waals surface area contributed by atoms with Crippen molar-refractivity contribution in [1.82, 2.24) is 10.5 Å². The quantitative estimate of drug-likeness (QED) is 0.785. The zero-order valence-corrected chi connectivity index (χ0v) is 15.0. The van der Waals surface area contributed by atoms with Crippen molar-refractivity contribution < 1.29 is 18.4 Å². The average molecular weight is 362 g/mol. The first-order chi connectivity index (χ1) is 12.5. The van der Waals surface area contributed by atoms with Crippen molar-refractivity contribution in [1.29, 1.82) is 5.26 Å². The van der Waals surface area contributed by atoms with Gasteiger partial charge in [0.2, 0.25) is 0 Å². The molecule has 1 heterocycles. The molecule has 0 atom stereocenters. The summed E-state index contributed by atoms with van der Waals surface area (Å²) in [6.45, 7) is 7.57. The van der Waals surface area contributed by atoms with Gasteiger partial charge in [0.1, 0.15) is 17.7 Å². The van der Waals surface area contributed by atoms with Crippen molar-refractivity contribution in [2.24, 2.45) is 0 Å². The summed E-state index contributed by atoms with van der Waals surface area (Å²) < 4.78 is 27.8. The summed E-state index contributed by atoms with van der Waals surface area (Å²) in [5, 5.41) is 11.5. The van der Waals surface area contributed by atoms with Gasteiger partial charge in [0.25, 0.3) is 5.91 Å². The Labute approximate surface area is 150 Å². The maximum atomic E-state index is 14.0. The average Bonchev–Trinajstić information content (AvgIpc) is 2.64. The molecule has 0 aliphatic rings. The number of nitrogens with zero attached hydrogens (tertiary/aromatic N) is 2. The molecule has 1 amide bonds. The second-order valence-corrected chi connectivity index (χ2v) is 4.80. The van der Waals surface area contributed by atoms with Crippen LogP contribution in [-0.2, 0) is 4.84 Å². The Morgan fingerprint density at radius 3 is 2.54 bits per heavy atom. The van der Waals surface area contributed by atoms with Crippen LogP contribution in [0, 0.1) is 29.9 Å². The van der Waals surface area contributed by atoms with E-state index in [2.05, 4.69) is 15.8 Å². The Hall–Kier alpha value is -3.05. The zero-order valence-electron chi connectivity index (χ0n) is 15.0. The fourth-order valence-corrected chi connectivity index (χ4v) is 1.88. The Kier molecular flexibility index (Phi) is 8.12. The number of nitrogens with one attached hydrogen (secondary N) is 2. The molecule has 0 saturated heterocycles. The molecular formula is C18H20F2N4O2. The predicted molar refractivity (Wildman–Crippen MR) is 93.8 cm³/mol. The first kappa shape index (κ1) is 21.0. The molecule has 138 valence electrons. The van der Waals surface area contributed by atoms with Crippen LogP contribution in [0.3, 0.4) is 0 Å². The van der Waals surface area contributed by atoms with E-state index in [4.69, 9.17) is 10.1 Å². The topological polar surface area (TPSA) is 87.0 Å². The smallest absolute Gasteiger partial charge is 0.278 e. The fraction of sp³-hybridized carbons (Fsp3) is 0.278. The highest BCUT2D eigenvalue weighted by Gasteiger charge is 2.19. The Morgan fingerprint density at radius 1 is 1.27 bits per heavy atom. The van der Waals surface area contributed by atoms with E-state index in [0.717, 1.165) is 6.07 Å². The zero-order chi connectivity index (χ0) is 19.7. The number of carbonyl (C=O) groups is 1. The molecule has 1 aromatic carbocycles. The summed E-state index contributed by atoms with van der Waals surface area (Å²) in [4.78, 5) is 20.6. The fourth-order valence-electron chi connectivity index (χ4n) is 1.88. The summed E-state index contributed by atoms with van der Waals surface area (Å²) in [6, 6.07) is 6.81. The number of benzene rings is 1. The summed E-state index contributed by atoms with van der Waals surface area (Å²) in [5.74, 6) is -2.47. The molecule has 1 aromatic heterocycles. The number of aromatic nitrogens is 1. The monoisotopic (exact) mass is 362 g/mol. The maximum Gasteiger partial charge on any atom is 0.278 e. The van der Waals surface area contributed by atoms with Gasteiger partial charge < -0.3 is 5.32 Å². The predicted octanol–water partition coefficient (Wildman–Crippen LogP) is 3.99. The van der Waals surface area contributed by atoms with E-state index in [-0.39, 0.29) is 23.7 Å². The number of amides is 1. The number of hydrogen-bond donors (Lipinski definition) is 2. The normalized spacial score (nSPS) is 9.58. The van der Waals surface area contributed by atoms with E-state index in [1.807, 2.05) is 13.8 Å². The number of rotatable bonds is 5. The molecule has 0 radical (unpaired) electrons. The minimum absolute atomic E-state index is 0.0362. The lowest BCUT2D eigenvalue weighted by Crippen LogP contribution is -2.25. The number of hydroxylamine groups is 1. The van der Waals surface area contributed by atoms with Crippen molar-refractivity contribution in [3.05, 3.63) is 52.7 Å². The van der Waals surface area contributed by atoms with Crippen LogP contribution in [-0.4, -0.2) is 17.5 Å². The lowest BCUT2D eigenvalue weighted by molar-refractivity contribution is 0.0364. The SMILES string of the molecule is CC.CCONC(=O)c1cc(F)c(C#N)nc1Nc1ccc(C)cc1F. The highest BCUT2D eigenvalue weighted by molar-refractivity contribution is 5.99. The largest absolute Gasteiger partial charge is 0.337 e. The van der Waals surface area contributed by atoms with Gasteiger partial charge in [-0.05, 0) is 37.6 Å². The van der Waals surface area contributed by atoms with E-state index in [0.29, 0.717) is 5.56 Å². The number of halogens is 2. The molecule has 0 spiro atoms. The molecule has 6 nitrogen and oxygen atoms in total. The van der Waals surface area contributed by atoms with E-state index < -0.39 is 23.2 Å². The van der Waals surface area contributed by atoms with Crippen molar-refractivity contribution in [3.63, 3.8) is 0 Å². The second kappa shape index (κ2) is 10.1. The minimum Gasteiger partial charge on any atom is -0.337 e. The molecule has 0 unspecified atom stereocenters. The van der Waals surface area contributed by atoms with Crippen molar-refractivity contribution in [3.8, 4) is 6.07 Å². The molecule has 2 rings (SSSR count). The molecule has 0 aliphatic carbocycles. The number of aryl methyl sites for hydroxylation is 1. The van der Waals surface area contributed by atoms with Gasteiger partial charge in [-0.2, -0.15) is 5.26 Å². The Balaban J connectivity index is 0.00000163. The van der Waals surface area contributed by atoms with Crippen LogP contribution in [0.15, 0.2) is 24.3 Å². The number of nitriles is 1. The third-order valence-corrected chi connectivity index (χ3v) is 3.01. The van der Waals surface area contributed by atoms with Gasteiger partial charge in [0.05, 0.1) is 17.9 Å². The van der Waals surface area contributed by atoms with Crippen LogP contribution >= 0.6 is 0 Å². The molecule has 2 N–H and O–H groups in total. The van der Waals surface area contributed by atoms with Gasteiger partial charge >= 0.3 is 0 Å². The van der Waals surface area contributed by atoms with Gasteiger partial charge in [-0.3, -0.25) is 9.63 Å². The van der Waals surface area contributed by atoms with Gasteiger partial charge in [-0.15, -0.1) is 0 Å². The molecule has 0 bridgehead atoms. The van der Waals surface area contributed by atoms with Crippen LogP contribution in [0.1, 0.15) is 42.4 Å². The molecule has 0 aliphatic heterocycles. The number of pyridine rings is 1. The Bertz CT molecular complexity index is 820. The lowest BCUT2D eigenvalue weighted by Gasteiger charge is -2.12. The first-order valence-corrected chi connectivity index (χ1v) is 8.02. The number of hydrogen-bond acceptors (Lipinski definition) is 5. The van der Waals surface area contributed by atoms with Crippen molar-refractivity contribution in [2.75, 3.05) is 11.9 Å². The highest BCUT2D eigenvalue weighted by Crippen LogP contribution is 2.24. The van der Waals surface area contributed by atoms with Crippen molar-refractivity contribution >= 4 is 17.4 Å². The van der Waals surface area contributed by atoms with Gasteiger partial charge in [0.15, 0.2) is 11.5 Å². The summed E-state index contributed by atoms with van der Waals surface area (Å²) >= 11 is 0. The summed E-state index contributed by atoms with van der Waals surface area (Å²) in [7, 11) is 0. The van der Waals surface area contributed by atoms with Crippen molar-refractivity contribution in [2.45, 2.75) is 27.7 Å². The third-order valence-electron chi connectivity index (χ3n) is 3.01. The Morgan fingerprint density at radius 2 is 1.96 bits per heavy atom. The van der Waals surface area contributed by atoms with E-state index in [1.54, 1.807) is 26.0 Å². The van der Waals surface area contributed by atoms with E-state index >= 15 is 0 Å². The molecular weight excluding hydrogens is 342 g/mol. The summed E-state index contributed by atoms with van der Waals surface area (Å²) in [6.07, 6.45) is 0. The van der Waals surface area contributed by atoms with Crippen LogP contribution in [0.4, 0.5) is 20.3 Å². The maximum absolute atomic E-state index is 14.0. The number of anilines is 2. The molecule has 2 aromatic rings. The molecule has 8 heteroatoms. The van der Waals surface area contributed by atoms with Gasteiger partial charge in [0, 0.05) is 0 Å². The van der Waals surface area contributed by atoms with Crippen LogP contribution < -0.4 is 10.8 Å². The van der Waals surface area contributed by atoms with Gasteiger partial charge in [-0.25, -0.2) is 19.2 Å². The minimum atomic E-state index is -0.964. The molecule has 0 saturated carbocycles. The number of carbonyl (C=O) groups excluding carboxylic acids is 1. The molecule has 26 heavy (non-hydrogen) atoms. The lowest BCUT2D eigenvalue weighted by atomic mass is 10.2. The van der Waals surface area contributed by atoms with Crippen LogP contribution in [0.25, 0.3) is 0 Å².